The van der Waals surface area contributed by atoms with Gasteiger partial charge in [-0.2, -0.15) is 0 Å². The summed E-state index contributed by atoms with van der Waals surface area (Å²) >= 11 is 6.23. The van der Waals surface area contributed by atoms with Gasteiger partial charge < -0.3 is 15.3 Å². The van der Waals surface area contributed by atoms with Gasteiger partial charge in [0.05, 0.1) is 13.2 Å². The fraction of sp³-hybridized carbons (Fsp3) is 0.348. The van der Waals surface area contributed by atoms with Crippen molar-refractivity contribution < 1.29 is 24.3 Å². The van der Waals surface area contributed by atoms with E-state index in [4.69, 9.17) is 11.6 Å². The number of hydrogen-bond acceptors (Lipinski definition) is 5. The van der Waals surface area contributed by atoms with Crippen LogP contribution in [0.4, 0.5) is 0 Å². The molecule has 1 heterocycles. The molecule has 0 radical (unpaired) electrons. The van der Waals surface area contributed by atoms with E-state index < -0.39 is 30.0 Å². The molecule has 1 aliphatic rings. The maximum atomic E-state index is 13.1. The fourth-order valence-corrected chi connectivity index (χ4v) is 3.94. The Bertz CT molecular complexity index is 956. The second-order valence-electron chi connectivity index (χ2n) is 7.59. The minimum Gasteiger partial charge on any atom is -0.381 e. The van der Waals surface area contributed by atoms with Crippen LogP contribution < -0.4 is 10.8 Å². The molecule has 32 heavy (non-hydrogen) atoms. The van der Waals surface area contributed by atoms with Gasteiger partial charge in [-0.15, -0.1) is 0 Å². The van der Waals surface area contributed by atoms with Gasteiger partial charge in [-0.3, -0.25) is 19.2 Å². The number of aliphatic hydroxyl groups excluding tert-OH is 1. The molecule has 1 aliphatic heterocycles. The second-order valence-corrected chi connectivity index (χ2v) is 7.99. The van der Waals surface area contributed by atoms with Crippen LogP contribution in [-0.2, 0) is 32.2 Å². The molecule has 1 fully saturated rings. The average Bonchev–Trinajstić information content (AvgIpc) is 3.15. The van der Waals surface area contributed by atoms with E-state index in [-0.39, 0.29) is 25.3 Å². The zero-order chi connectivity index (χ0) is 23.1. The number of rotatable bonds is 9. The van der Waals surface area contributed by atoms with E-state index in [0.29, 0.717) is 11.4 Å². The molecule has 0 bridgehead atoms. The van der Waals surface area contributed by atoms with Crippen molar-refractivity contribution in [1.29, 1.82) is 0 Å². The summed E-state index contributed by atoms with van der Waals surface area (Å²) in [6.45, 7) is 0.201. The Morgan fingerprint density at radius 3 is 2.56 bits per heavy atom. The second kappa shape index (κ2) is 11.1. The van der Waals surface area contributed by atoms with Gasteiger partial charge in [-0.1, -0.05) is 60.1 Å². The molecule has 0 saturated carbocycles. The topological polar surface area (TPSA) is 108 Å². The molecule has 3 atom stereocenters. The quantitative estimate of drug-likeness (QED) is 0.494. The first-order valence-corrected chi connectivity index (χ1v) is 10.7. The number of hydroxylamine groups is 1. The number of aliphatic hydroxyl groups is 1. The van der Waals surface area contributed by atoms with Crippen molar-refractivity contribution in [3.8, 4) is 0 Å². The van der Waals surface area contributed by atoms with E-state index >= 15 is 0 Å². The molecule has 2 aromatic carbocycles. The summed E-state index contributed by atoms with van der Waals surface area (Å²) in [5, 5.41) is 13.8. The predicted molar refractivity (Wildman–Crippen MR) is 118 cm³/mol. The molecule has 1 saturated heterocycles. The molecule has 9 heteroatoms. The van der Waals surface area contributed by atoms with Crippen LogP contribution in [0, 0.1) is 0 Å². The molecule has 0 aliphatic carbocycles. The van der Waals surface area contributed by atoms with Crippen LogP contribution in [0.5, 0.6) is 0 Å². The van der Waals surface area contributed by atoms with E-state index in [2.05, 4.69) is 15.6 Å². The van der Waals surface area contributed by atoms with Crippen molar-refractivity contribution in [3.63, 3.8) is 0 Å². The third kappa shape index (κ3) is 5.85. The van der Waals surface area contributed by atoms with Crippen molar-refractivity contribution in [2.45, 2.75) is 44.0 Å². The van der Waals surface area contributed by atoms with Gasteiger partial charge in [0.25, 0.3) is 5.91 Å². The molecular formula is C23H26ClN3O5. The Kier molecular flexibility index (Phi) is 8.21. The number of carbonyl (C=O) groups is 3. The molecule has 3 unspecified atom stereocenters. The highest BCUT2D eigenvalue weighted by atomic mass is 35.5. The van der Waals surface area contributed by atoms with E-state index in [1.807, 2.05) is 36.4 Å². The highest BCUT2D eigenvalue weighted by Crippen LogP contribution is 2.25. The lowest BCUT2D eigenvalue weighted by Gasteiger charge is -2.28. The van der Waals surface area contributed by atoms with Gasteiger partial charge in [0, 0.05) is 18.0 Å². The predicted octanol–water partition coefficient (Wildman–Crippen LogP) is 1.60. The van der Waals surface area contributed by atoms with Crippen LogP contribution in [-0.4, -0.2) is 53.0 Å². The standard InChI is InChI=1S/C23H26ClN3O5/c1-32-26-23(31)21(29)18(13-15-7-3-2-4-8-15)25-22(30)19-11-12-20(28)27(19)14-16-9-5-6-10-17(16)24/h2-10,18-19,21,29H,11-14H2,1H3,(H,25,30)(H,26,31). The van der Waals surface area contributed by atoms with E-state index in [1.54, 1.807) is 18.2 Å². The van der Waals surface area contributed by atoms with Gasteiger partial charge in [-0.25, -0.2) is 5.48 Å². The Morgan fingerprint density at radius 2 is 1.88 bits per heavy atom. The lowest BCUT2D eigenvalue weighted by Crippen LogP contribution is -2.55. The first kappa shape index (κ1) is 23.7. The summed E-state index contributed by atoms with van der Waals surface area (Å²) in [4.78, 5) is 43.9. The normalized spacial score (nSPS) is 17.7. The molecular weight excluding hydrogens is 434 g/mol. The van der Waals surface area contributed by atoms with Gasteiger partial charge in [0.2, 0.25) is 11.8 Å². The summed E-state index contributed by atoms with van der Waals surface area (Å²) < 4.78 is 0. The summed E-state index contributed by atoms with van der Waals surface area (Å²) in [6.07, 6.45) is -0.754. The van der Waals surface area contributed by atoms with Gasteiger partial charge >= 0.3 is 0 Å². The Morgan fingerprint density at radius 1 is 1.19 bits per heavy atom. The van der Waals surface area contributed by atoms with Crippen LogP contribution in [0.15, 0.2) is 54.6 Å². The van der Waals surface area contributed by atoms with Crippen molar-refractivity contribution in [2.24, 2.45) is 0 Å². The lowest BCUT2D eigenvalue weighted by atomic mass is 10.00. The third-order valence-corrected chi connectivity index (χ3v) is 5.78. The number of nitrogens with one attached hydrogen (secondary N) is 2. The maximum Gasteiger partial charge on any atom is 0.274 e. The number of halogens is 1. The van der Waals surface area contributed by atoms with Crippen LogP contribution in [0.3, 0.4) is 0 Å². The number of likely N-dealkylation sites (tertiary alicyclic amines) is 1. The largest absolute Gasteiger partial charge is 0.381 e. The summed E-state index contributed by atoms with van der Waals surface area (Å²) in [7, 11) is 1.26. The molecule has 3 rings (SSSR count). The van der Waals surface area contributed by atoms with Crippen LogP contribution in [0.25, 0.3) is 0 Å². The highest BCUT2D eigenvalue weighted by Gasteiger charge is 2.38. The van der Waals surface area contributed by atoms with Crippen LogP contribution >= 0.6 is 11.6 Å². The molecule has 0 aromatic heterocycles. The number of carbonyl (C=O) groups excluding carboxylic acids is 3. The monoisotopic (exact) mass is 459 g/mol. The zero-order valence-electron chi connectivity index (χ0n) is 17.7. The number of nitrogens with zero attached hydrogens (tertiary/aromatic N) is 1. The minimum atomic E-state index is -1.55. The van der Waals surface area contributed by atoms with Gasteiger partial charge in [0.1, 0.15) is 6.04 Å². The zero-order valence-corrected chi connectivity index (χ0v) is 18.4. The molecule has 3 N–H and O–H groups in total. The SMILES string of the molecule is CONC(=O)C(O)C(Cc1ccccc1)NC(=O)C1CCC(=O)N1Cc1ccccc1Cl. The highest BCUT2D eigenvalue weighted by molar-refractivity contribution is 6.31. The van der Waals surface area contributed by atoms with Crippen molar-refractivity contribution in [3.05, 3.63) is 70.7 Å². The van der Waals surface area contributed by atoms with Crippen molar-refractivity contribution >= 4 is 29.3 Å². The van der Waals surface area contributed by atoms with Crippen molar-refractivity contribution in [1.82, 2.24) is 15.7 Å². The number of amides is 3. The third-order valence-electron chi connectivity index (χ3n) is 5.41. The lowest BCUT2D eigenvalue weighted by molar-refractivity contribution is -0.143. The molecule has 2 aromatic rings. The number of hydrogen-bond donors (Lipinski definition) is 3. The van der Waals surface area contributed by atoms with E-state index in [9.17, 15) is 19.5 Å². The molecule has 170 valence electrons. The first-order valence-electron chi connectivity index (χ1n) is 10.3. The summed E-state index contributed by atoms with van der Waals surface area (Å²) in [5.41, 5.74) is 3.66. The molecule has 0 spiro atoms. The van der Waals surface area contributed by atoms with Crippen LogP contribution in [0.2, 0.25) is 5.02 Å². The summed E-state index contributed by atoms with van der Waals surface area (Å²) in [5.74, 6) is -1.36. The van der Waals surface area contributed by atoms with Gasteiger partial charge in [-0.05, 0) is 30.0 Å². The van der Waals surface area contributed by atoms with Gasteiger partial charge in [0.15, 0.2) is 6.10 Å². The molecule has 8 nitrogen and oxygen atoms in total. The first-order chi connectivity index (χ1) is 15.4. The summed E-state index contributed by atoms with van der Waals surface area (Å²) in [6, 6.07) is 14.7. The Labute approximate surface area is 191 Å². The molecule has 3 amide bonds. The average molecular weight is 460 g/mol. The maximum absolute atomic E-state index is 13.1. The van der Waals surface area contributed by atoms with E-state index in [0.717, 1.165) is 11.1 Å². The smallest absolute Gasteiger partial charge is 0.274 e. The van der Waals surface area contributed by atoms with E-state index in [1.165, 1.54) is 12.0 Å². The van der Waals surface area contributed by atoms with Crippen LogP contribution in [0.1, 0.15) is 24.0 Å². The minimum absolute atomic E-state index is 0.151. The van der Waals surface area contributed by atoms with Crippen molar-refractivity contribution in [2.75, 3.05) is 7.11 Å². The Balaban J connectivity index is 1.76. The Hall–Kier alpha value is -2.94. The fourth-order valence-electron chi connectivity index (χ4n) is 3.75. The number of benzene rings is 2.